The number of benzene rings is 1. The van der Waals surface area contributed by atoms with E-state index >= 15 is 0 Å². The largest absolute Gasteiger partial charge is 0.497 e. The Bertz CT molecular complexity index is 913. The van der Waals surface area contributed by atoms with Crippen molar-refractivity contribution in [2.75, 3.05) is 19.5 Å². The summed E-state index contributed by atoms with van der Waals surface area (Å²) in [4.78, 5) is 4.58. The quantitative estimate of drug-likeness (QED) is 0.639. The molecular weight excluding hydrogens is 338 g/mol. The van der Waals surface area contributed by atoms with Gasteiger partial charge in [-0.2, -0.15) is 0 Å². The number of hydrogen-bond donors (Lipinski definition) is 1. The van der Waals surface area contributed by atoms with E-state index in [4.69, 9.17) is 9.47 Å². The lowest BCUT2D eigenvalue weighted by Crippen LogP contribution is -2.04. The number of nitrogens with one attached hydrogen (secondary N) is 1. The third-order valence-electron chi connectivity index (χ3n) is 4.82. The number of rotatable bonds is 6. The predicted octanol–water partition coefficient (Wildman–Crippen LogP) is 5.34. The smallest absolute Gasteiger partial charge is 0.135 e. The average molecular weight is 367 g/mol. The van der Waals surface area contributed by atoms with Crippen LogP contribution in [0.4, 0.5) is 5.82 Å². The minimum atomic E-state index is 0.646. The predicted molar refractivity (Wildman–Crippen MR) is 111 cm³/mol. The summed E-state index contributed by atoms with van der Waals surface area (Å²) >= 11 is 0. The number of anilines is 1. The van der Waals surface area contributed by atoms with E-state index in [2.05, 4.69) is 34.1 Å². The first-order valence-corrected chi connectivity index (χ1v) is 9.62. The molecule has 0 bridgehead atoms. The summed E-state index contributed by atoms with van der Waals surface area (Å²) in [7, 11) is 3.34. The minimum Gasteiger partial charge on any atom is -0.497 e. The molecule has 0 atom stereocenters. The fourth-order valence-corrected chi connectivity index (χ4v) is 3.36. The molecule has 0 amide bonds. The number of aromatic nitrogens is 2. The molecule has 0 spiro atoms. The third kappa shape index (κ3) is 3.87. The van der Waals surface area contributed by atoms with Crippen molar-refractivity contribution in [3.05, 3.63) is 47.8 Å². The summed E-state index contributed by atoms with van der Waals surface area (Å²) in [6, 6.07) is 8.64. The van der Waals surface area contributed by atoms with E-state index < -0.39 is 0 Å². The van der Waals surface area contributed by atoms with Crippen molar-refractivity contribution in [2.45, 2.75) is 46.2 Å². The van der Waals surface area contributed by atoms with Crippen LogP contribution in [-0.2, 0) is 6.54 Å². The molecule has 1 saturated carbocycles. The highest BCUT2D eigenvalue weighted by atomic mass is 16.5. The van der Waals surface area contributed by atoms with Crippen molar-refractivity contribution >= 4 is 16.7 Å². The van der Waals surface area contributed by atoms with Crippen molar-refractivity contribution in [3.63, 3.8) is 0 Å². The van der Waals surface area contributed by atoms with Gasteiger partial charge in [-0.25, -0.2) is 4.98 Å². The van der Waals surface area contributed by atoms with Gasteiger partial charge in [0, 0.05) is 42.0 Å². The second-order valence-electron chi connectivity index (χ2n) is 6.54. The molecule has 0 saturated heterocycles. The lowest BCUT2D eigenvalue weighted by molar-refractivity contribution is 0.391. The fraction of sp³-hybridized carbons (Fsp3) is 0.409. The van der Waals surface area contributed by atoms with E-state index in [0.29, 0.717) is 12.6 Å². The molecule has 4 rings (SSSR count). The Kier molecular flexibility index (Phi) is 5.89. The normalized spacial score (nSPS) is 13.1. The minimum absolute atomic E-state index is 0.646. The van der Waals surface area contributed by atoms with E-state index in [1.807, 2.05) is 38.2 Å². The van der Waals surface area contributed by atoms with E-state index in [-0.39, 0.29) is 0 Å². The maximum Gasteiger partial charge on any atom is 0.135 e. The van der Waals surface area contributed by atoms with Gasteiger partial charge >= 0.3 is 0 Å². The van der Waals surface area contributed by atoms with Crippen LogP contribution in [0.15, 0.2) is 36.7 Å². The van der Waals surface area contributed by atoms with Crippen molar-refractivity contribution in [1.82, 2.24) is 9.55 Å². The average Bonchev–Trinajstić information content (AvgIpc) is 3.51. The summed E-state index contributed by atoms with van der Waals surface area (Å²) < 4.78 is 13.1. The van der Waals surface area contributed by atoms with Crippen LogP contribution >= 0.6 is 0 Å². The zero-order valence-corrected chi connectivity index (χ0v) is 16.9. The van der Waals surface area contributed by atoms with Crippen LogP contribution in [0.2, 0.25) is 0 Å². The summed E-state index contributed by atoms with van der Waals surface area (Å²) in [6.45, 7) is 6.80. The Hall–Kier alpha value is -2.69. The molecule has 3 aromatic rings. The molecule has 0 radical (unpaired) electrons. The van der Waals surface area contributed by atoms with Gasteiger partial charge in [0.2, 0.25) is 0 Å². The number of fused-ring (bicyclic) bond motifs is 1. The summed E-state index contributed by atoms with van der Waals surface area (Å²) in [5, 5.41) is 4.69. The molecule has 5 heteroatoms. The Morgan fingerprint density at radius 3 is 2.59 bits per heavy atom. The van der Waals surface area contributed by atoms with Crippen molar-refractivity contribution in [3.8, 4) is 11.5 Å². The molecule has 1 N–H and O–H groups in total. The van der Waals surface area contributed by atoms with Crippen LogP contribution in [0.1, 0.15) is 43.9 Å². The molecule has 1 aliphatic carbocycles. The van der Waals surface area contributed by atoms with Crippen molar-refractivity contribution in [1.29, 1.82) is 0 Å². The van der Waals surface area contributed by atoms with E-state index in [9.17, 15) is 0 Å². The van der Waals surface area contributed by atoms with Gasteiger partial charge in [-0.3, -0.25) is 0 Å². The van der Waals surface area contributed by atoms with Crippen LogP contribution in [0.25, 0.3) is 10.9 Å². The molecule has 5 nitrogen and oxygen atoms in total. The van der Waals surface area contributed by atoms with E-state index in [0.717, 1.165) is 22.9 Å². The monoisotopic (exact) mass is 367 g/mol. The topological polar surface area (TPSA) is 48.3 Å². The van der Waals surface area contributed by atoms with Gasteiger partial charge in [-0.1, -0.05) is 13.8 Å². The highest BCUT2D eigenvalue weighted by molar-refractivity contribution is 5.93. The molecule has 1 aliphatic rings. The summed E-state index contributed by atoms with van der Waals surface area (Å²) in [5.74, 6) is 2.52. The molecule has 27 heavy (non-hydrogen) atoms. The zero-order chi connectivity index (χ0) is 19.4. The molecular formula is C22H29N3O2. The molecule has 1 aromatic carbocycles. The molecule has 2 aromatic heterocycles. The van der Waals surface area contributed by atoms with Crippen LogP contribution in [-0.4, -0.2) is 23.8 Å². The van der Waals surface area contributed by atoms with Crippen LogP contribution in [0.3, 0.4) is 0 Å². The first-order chi connectivity index (χ1) is 13.2. The second kappa shape index (κ2) is 8.33. The highest BCUT2D eigenvalue weighted by Crippen LogP contribution is 2.40. The third-order valence-corrected chi connectivity index (χ3v) is 4.82. The lowest BCUT2D eigenvalue weighted by Gasteiger charge is -2.12. The number of nitrogens with zero attached hydrogens (tertiary/aromatic N) is 2. The summed E-state index contributed by atoms with van der Waals surface area (Å²) in [6.07, 6.45) is 6.69. The Balaban J connectivity index is 0.00000102. The fourth-order valence-electron chi connectivity index (χ4n) is 3.36. The van der Waals surface area contributed by atoms with Gasteiger partial charge in [0.05, 0.1) is 19.7 Å². The summed E-state index contributed by atoms with van der Waals surface area (Å²) in [5.41, 5.74) is 3.60. The molecule has 2 heterocycles. The van der Waals surface area contributed by atoms with Gasteiger partial charge in [0.15, 0.2) is 0 Å². The molecule has 1 fully saturated rings. The van der Waals surface area contributed by atoms with Gasteiger partial charge in [-0.05, 0) is 43.5 Å². The van der Waals surface area contributed by atoms with E-state index in [1.54, 1.807) is 14.2 Å². The van der Waals surface area contributed by atoms with Crippen LogP contribution in [0, 0.1) is 6.92 Å². The van der Waals surface area contributed by atoms with Crippen molar-refractivity contribution in [2.24, 2.45) is 0 Å². The van der Waals surface area contributed by atoms with E-state index in [1.165, 1.54) is 29.3 Å². The zero-order valence-electron chi connectivity index (χ0n) is 16.9. The number of ether oxygens (including phenoxy) is 2. The highest BCUT2D eigenvalue weighted by Gasteiger charge is 2.26. The maximum absolute atomic E-state index is 5.49. The van der Waals surface area contributed by atoms with Gasteiger partial charge in [0.25, 0.3) is 0 Å². The molecule has 0 aliphatic heterocycles. The number of hydrogen-bond acceptors (Lipinski definition) is 4. The number of methoxy groups -OCH3 is 2. The standard InChI is InChI=1S/C20H23N3O2.C2H6/c1-13-12-23(15-5-6-15)17-8-9-21-20(19(13)17)22-11-14-4-7-16(24-2)10-18(14)25-3;1-2/h4,7-10,12,15H,5-6,11H2,1-3H3,(H,21,22);1-2H3. The Labute approximate surface area is 161 Å². The SMILES string of the molecule is CC.COc1ccc(CNc2nccc3c2c(C)cn3C2CC2)c(OC)c1. The Morgan fingerprint density at radius 1 is 1.15 bits per heavy atom. The maximum atomic E-state index is 5.49. The first-order valence-electron chi connectivity index (χ1n) is 9.62. The van der Waals surface area contributed by atoms with Gasteiger partial charge in [0.1, 0.15) is 17.3 Å². The molecule has 144 valence electrons. The van der Waals surface area contributed by atoms with Gasteiger partial charge < -0.3 is 19.4 Å². The molecule has 0 unspecified atom stereocenters. The number of aryl methyl sites for hydroxylation is 1. The second-order valence-corrected chi connectivity index (χ2v) is 6.54. The Morgan fingerprint density at radius 2 is 1.93 bits per heavy atom. The number of pyridine rings is 1. The first kappa shape index (κ1) is 19.1. The van der Waals surface area contributed by atoms with Crippen molar-refractivity contribution < 1.29 is 9.47 Å². The van der Waals surface area contributed by atoms with Crippen LogP contribution in [0.5, 0.6) is 11.5 Å². The van der Waals surface area contributed by atoms with Crippen LogP contribution < -0.4 is 14.8 Å². The van der Waals surface area contributed by atoms with Gasteiger partial charge in [-0.15, -0.1) is 0 Å². The lowest BCUT2D eigenvalue weighted by atomic mass is 10.1.